The molecule has 2 nitrogen and oxygen atoms in total. The normalized spacial score (nSPS) is 12.6. The largest absolute Gasteiger partial charge is 0.465 e. The minimum Gasteiger partial charge on any atom is -0.465 e. The zero-order valence-corrected chi connectivity index (χ0v) is 7.72. The van der Waals surface area contributed by atoms with Crippen LogP contribution >= 0.6 is 0 Å². The number of esters is 1. The summed E-state index contributed by atoms with van der Waals surface area (Å²) in [6.07, 6.45) is 2.88. The minimum absolute atomic E-state index is 0.0475. The summed E-state index contributed by atoms with van der Waals surface area (Å²) in [7, 11) is 0. The van der Waals surface area contributed by atoms with Crippen molar-refractivity contribution in [1.29, 1.82) is 0 Å². The Balaban J connectivity index is 3.47. The Kier molecular flexibility index (Phi) is 5.90. The van der Waals surface area contributed by atoms with Crippen molar-refractivity contribution in [3.63, 3.8) is 0 Å². The summed E-state index contributed by atoms with van der Waals surface area (Å²) >= 11 is 0. The van der Waals surface area contributed by atoms with Crippen LogP contribution in [-0.2, 0) is 9.53 Å². The molecule has 66 valence electrons. The third kappa shape index (κ3) is 4.82. The van der Waals surface area contributed by atoms with Crippen molar-refractivity contribution in [3.8, 4) is 0 Å². The van der Waals surface area contributed by atoms with Crippen LogP contribution in [0.5, 0.6) is 0 Å². The van der Waals surface area contributed by atoms with E-state index in [0.717, 1.165) is 19.3 Å². The predicted octanol–water partition coefficient (Wildman–Crippen LogP) is 2.38. The van der Waals surface area contributed by atoms with E-state index in [2.05, 4.69) is 6.92 Å². The molecule has 0 saturated heterocycles. The molecule has 0 heterocycles. The van der Waals surface area contributed by atoms with Crippen LogP contribution in [0.15, 0.2) is 0 Å². The molecule has 0 aliphatic rings. The summed E-state index contributed by atoms with van der Waals surface area (Å²) in [4.78, 5) is 11.1. The van der Waals surface area contributed by atoms with Gasteiger partial charge in [0, 0.05) is 0 Å². The fourth-order valence-corrected chi connectivity index (χ4v) is 0.896. The molecule has 11 heavy (non-hydrogen) atoms. The first-order valence-electron chi connectivity index (χ1n) is 4.39. The molecule has 1 atom stereocenters. The first kappa shape index (κ1) is 10.5. The summed E-state index contributed by atoms with van der Waals surface area (Å²) in [6.45, 7) is 6.55. The van der Waals surface area contributed by atoms with E-state index in [0.29, 0.717) is 6.61 Å². The summed E-state index contributed by atoms with van der Waals surface area (Å²) < 4.78 is 4.97. The van der Waals surface area contributed by atoms with E-state index in [4.69, 9.17) is 4.74 Å². The summed E-state index contributed by atoms with van der Waals surface area (Å²) in [5.74, 6) is 0.0280. The van der Waals surface area contributed by atoms with Gasteiger partial charge in [0.2, 0.25) is 0 Å². The number of hydrogen-bond donors (Lipinski definition) is 0. The molecule has 2 heteroatoms. The summed E-state index contributed by atoms with van der Waals surface area (Å²) in [6, 6.07) is 0. The van der Waals surface area contributed by atoms with Crippen molar-refractivity contribution >= 4 is 5.97 Å². The van der Waals surface area contributed by atoms with Gasteiger partial charge in [-0.2, -0.15) is 0 Å². The highest BCUT2D eigenvalue weighted by Gasteiger charge is 2.11. The number of ether oxygens (including phenoxy) is 1. The second-order valence-electron chi connectivity index (χ2n) is 2.86. The van der Waals surface area contributed by atoms with Gasteiger partial charge >= 0.3 is 5.97 Å². The first-order chi connectivity index (χ1) is 5.22. The molecule has 0 aromatic heterocycles. The highest BCUT2D eigenvalue weighted by molar-refractivity contribution is 5.71. The monoisotopic (exact) mass is 158 g/mol. The maximum Gasteiger partial charge on any atom is 0.308 e. The van der Waals surface area contributed by atoms with Gasteiger partial charge in [0.25, 0.3) is 0 Å². The topological polar surface area (TPSA) is 26.3 Å². The van der Waals surface area contributed by atoms with Gasteiger partial charge in [-0.05, 0) is 12.8 Å². The van der Waals surface area contributed by atoms with Gasteiger partial charge < -0.3 is 4.74 Å². The molecular weight excluding hydrogens is 140 g/mol. The van der Waals surface area contributed by atoms with E-state index in [1.807, 2.05) is 13.8 Å². The molecule has 0 rings (SSSR count). The fourth-order valence-electron chi connectivity index (χ4n) is 0.896. The predicted molar refractivity (Wildman–Crippen MR) is 45.3 cm³/mol. The van der Waals surface area contributed by atoms with Crippen molar-refractivity contribution < 1.29 is 9.53 Å². The third-order valence-electron chi connectivity index (χ3n) is 1.57. The molecular formula is C9H18O2. The van der Waals surface area contributed by atoms with Crippen LogP contribution in [-0.4, -0.2) is 12.6 Å². The number of hydrogen-bond acceptors (Lipinski definition) is 2. The van der Waals surface area contributed by atoms with Gasteiger partial charge in [-0.1, -0.05) is 27.2 Å². The van der Waals surface area contributed by atoms with Crippen molar-refractivity contribution in [2.75, 3.05) is 6.61 Å². The lowest BCUT2D eigenvalue weighted by Gasteiger charge is -2.08. The molecule has 0 fully saturated rings. The lowest BCUT2D eigenvalue weighted by atomic mass is 10.1. The standard InChI is InChI=1S/C9H18O2/c1-4-6-8(3)9(10)11-7-5-2/h8H,4-7H2,1-3H3/t8-/m0/s1. The van der Waals surface area contributed by atoms with Gasteiger partial charge in [0.1, 0.15) is 0 Å². The molecule has 0 amide bonds. The molecule has 0 bridgehead atoms. The highest BCUT2D eigenvalue weighted by Crippen LogP contribution is 2.06. The van der Waals surface area contributed by atoms with E-state index >= 15 is 0 Å². The molecule has 0 aliphatic heterocycles. The molecule has 0 radical (unpaired) electrons. The SMILES string of the molecule is CCCOC(=O)[C@@H](C)CCC. The maximum absolute atomic E-state index is 11.1. The lowest BCUT2D eigenvalue weighted by Crippen LogP contribution is -2.14. The summed E-state index contributed by atoms with van der Waals surface area (Å²) in [5, 5.41) is 0. The first-order valence-corrected chi connectivity index (χ1v) is 4.39. The molecule has 0 aromatic rings. The molecule has 0 aliphatic carbocycles. The molecule has 0 saturated carbocycles. The highest BCUT2D eigenvalue weighted by atomic mass is 16.5. The Morgan fingerprint density at radius 1 is 1.36 bits per heavy atom. The Labute approximate surface area is 68.9 Å². The molecule has 0 unspecified atom stereocenters. The van der Waals surface area contributed by atoms with Crippen LogP contribution in [0.1, 0.15) is 40.0 Å². The number of carbonyl (C=O) groups is 1. The summed E-state index contributed by atoms with van der Waals surface area (Å²) in [5.41, 5.74) is 0. The van der Waals surface area contributed by atoms with Crippen molar-refractivity contribution in [2.45, 2.75) is 40.0 Å². The van der Waals surface area contributed by atoms with Gasteiger partial charge in [-0.25, -0.2) is 0 Å². The second-order valence-corrected chi connectivity index (χ2v) is 2.86. The molecule has 0 spiro atoms. The van der Waals surface area contributed by atoms with E-state index in [-0.39, 0.29) is 11.9 Å². The molecule has 0 aromatic carbocycles. The fraction of sp³-hybridized carbons (Fsp3) is 0.889. The van der Waals surface area contributed by atoms with Crippen LogP contribution in [0, 0.1) is 5.92 Å². The van der Waals surface area contributed by atoms with Gasteiger partial charge in [0.15, 0.2) is 0 Å². The van der Waals surface area contributed by atoms with Gasteiger partial charge in [-0.3, -0.25) is 4.79 Å². The van der Waals surface area contributed by atoms with Crippen molar-refractivity contribution in [1.82, 2.24) is 0 Å². The minimum atomic E-state index is -0.0475. The average molecular weight is 158 g/mol. The lowest BCUT2D eigenvalue weighted by molar-refractivity contribution is -0.148. The van der Waals surface area contributed by atoms with Crippen LogP contribution < -0.4 is 0 Å². The quantitative estimate of drug-likeness (QED) is 0.574. The zero-order valence-electron chi connectivity index (χ0n) is 7.72. The number of carbonyl (C=O) groups excluding carboxylic acids is 1. The van der Waals surface area contributed by atoms with Crippen LogP contribution in [0.3, 0.4) is 0 Å². The van der Waals surface area contributed by atoms with Crippen LogP contribution in [0.2, 0.25) is 0 Å². The maximum atomic E-state index is 11.1. The van der Waals surface area contributed by atoms with E-state index in [1.165, 1.54) is 0 Å². The Hall–Kier alpha value is -0.530. The van der Waals surface area contributed by atoms with Crippen LogP contribution in [0.25, 0.3) is 0 Å². The van der Waals surface area contributed by atoms with E-state index in [9.17, 15) is 4.79 Å². The smallest absolute Gasteiger partial charge is 0.308 e. The van der Waals surface area contributed by atoms with Crippen LogP contribution in [0.4, 0.5) is 0 Å². The Bertz CT molecular complexity index is 110. The van der Waals surface area contributed by atoms with E-state index < -0.39 is 0 Å². The Morgan fingerprint density at radius 2 is 2.00 bits per heavy atom. The van der Waals surface area contributed by atoms with E-state index in [1.54, 1.807) is 0 Å². The Morgan fingerprint density at radius 3 is 2.45 bits per heavy atom. The number of rotatable bonds is 5. The van der Waals surface area contributed by atoms with Gasteiger partial charge in [0.05, 0.1) is 12.5 Å². The second kappa shape index (κ2) is 6.20. The molecule has 0 N–H and O–H groups in total. The zero-order chi connectivity index (χ0) is 8.69. The van der Waals surface area contributed by atoms with Crippen molar-refractivity contribution in [2.24, 2.45) is 5.92 Å². The third-order valence-corrected chi connectivity index (χ3v) is 1.57. The van der Waals surface area contributed by atoms with Gasteiger partial charge in [-0.15, -0.1) is 0 Å². The average Bonchev–Trinajstić information content (AvgIpc) is 2.00. The van der Waals surface area contributed by atoms with Crippen molar-refractivity contribution in [3.05, 3.63) is 0 Å².